The Hall–Kier alpha value is -1.01. The maximum absolute atomic E-state index is 5.29. The molecule has 2 atom stereocenters. The van der Waals surface area contributed by atoms with Crippen LogP contribution in [0.15, 0.2) is 12.4 Å². The number of hydrogen-bond donors (Lipinski definition) is 3. The number of anilines is 2. The number of nitrogens with two attached hydrogens (primary N) is 1. The number of hydrazine groups is 1. The van der Waals surface area contributed by atoms with Crippen molar-refractivity contribution in [2.45, 2.75) is 30.6 Å². The summed E-state index contributed by atoms with van der Waals surface area (Å²) >= 11 is 1.95. The topological polar surface area (TPSA) is 75.9 Å². The van der Waals surface area contributed by atoms with Crippen LogP contribution >= 0.6 is 11.8 Å². The number of rotatable bonds is 4. The molecule has 4 N–H and O–H groups in total. The summed E-state index contributed by atoms with van der Waals surface area (Å²) in [5.74, 6) is 6.67. The third-order valence-electron chi connectivity index (χ3n) is 2.85. The second-order valence-electron chi connectivity index (χ2n) is 3.95. The zero-order valence-electron chi connectivity index (χ0n) is 9.31. The van der Waals surface area contributed by atoms with E-state index >= 15 is 0 Å². The van der Waals surface area contributed by atoms with Gasteiger partial charge in [-0.2, -0.15) is 11.8 Å². The number of nitrogen functional groups attached to an aromatic ring is 1. The summed E-state index contributed by atoms with van der Waals surface area (Å²) in [6.07, 6.45) is 9.18. The third kappa shape index (κ3) is 2.76. The molecule has 1 saturated carbocycles. The third-order valence-corrected chi connectivity index (χ3v) is 3.95. The van der Waals surface area contributed by atoms with Crippen molar-refractivity contribution in [3.8, 4) is 0 Å². The van der Waals surface area contributed by atoms with Crippen LogP contribution in [0.2, 0.25) is 0 Å². The minimum Gasteiger partial charge on any atom is -0.366 e. The Labute approximate surface area is 99.6 Å². The van der Waals surface area contributed by atoms with E-state index in [0.29, 0.717) is 11.9 Å². The van der Waals surface area contributed by atoms with E-state index in [2.05, 4.69) is 27.0 Å². The highest BCUT2D eigenvalue weighted by molar-refractivity contribution is 7.99. The van der Waals surface area contributed by atoms with E-state index in [9.17, 15) is 0 Å². The molecule has 0 saturated heterocycles. The molecule has 1 aliphatic carbocycles. The highest BCUT2D eigenvalue weighted by Crippen LogP contribution is 2.29. The van der Waals surface area contributed by atoms with E-state index in [1.807, 2.05) is 11.8 Å². The molecule has 6 heteroatoms. The standard InChI is InChI=1S/C10H17N5S/c1-16-8-3-2-7(4-8)13-9-5-12-6-10(14-9)15-11/h5-8H,2-4,11H2,1H3,(H2,13,14,15). The van der Waals surface area contributed by atoms with Crippen molar-refractivity contribution in [3.63, 3.8) is 0 Å². The minimum absolute atomic E-state index is 0.514. The lowest BCUT2D eigenvalue weighted by atomic mass is 10.2. The highest BCUT2D eigenvalue weighted by Gasteiger charge is 2.23. The van der Waals surface area contributed by atoms with E-state index in [-0.39, 0.29) is 0 Å². The summed E-state index contributed by atoms with van der Waals surface area (Å²) in [6.45, 7) is 0. The van der Waals surface area contributed by atoms with Crippen molar-refractivity contribution in [1.82, 2.24) is 9.97 Å². The second-order valence-corrected chi connectivity index (χ2v) is 5.08. The van der Waals surface area contributed by atoms with Crippen LogP contribution in [0.5, 0.6) is 0 Å². The molecule has 0 aromatic carbocycles. The molecule has 0 bridgehead atoms. The van der Waals surface area contributed by atoms with Gasteiger partial charge in [-0.15, -0.1) is 0 Å². The van der Waals surface area contributed by atoms with E-state index in [1.54, 1.807) is 12.4 Å². The Morgan fingerprint density at radius 2 is 2.19 bits per heavy atom. The molecule has 1 aromatic heterocycles. The van der Waals surface area contributed by atoms with Crippen LogP contribution in [-0.2, 0) is 0 Å². The summed E-state index contributed by atoms with van der Waals surface area (Å²) in [5, 5.41) is 4.18. The molecule has 2 rings (SSSR count). The van der Waals surface area contributed by atoms with Crippen molar-refractivity contribution in [3.05, 3.63) is 12.4 Å². The van der Waals surface area contributed by atoms with Gasteiger partial charge in [-0.3, -0.25) is 4.98 Å². The van der Waals surface area contributed by atoms with Crippen LogP contribution in [0.1, 0.15) is 19.3 Å². The van der Waals surface area contributed by atoms with Crippen molar-refractivity contribution < 1.29 is 0 Å². The molecule has 1 aliphatic rings. The summed E-state index contributed by atoms with van der Waals surface area (Å²) in [7, 11) is 0. The van der Waals surface area contributed by atoms with Crippen LogP contribution in [0.3, 0.4) is 0 Å². The summed E-state index contributed by atoms with van der Waals surface area (Å²) in [4.78, 5) is 8.35. The van der Waals surface area contributed by atoms with Gasteiger partial charge < -0.3 is 10.7 Å². The molecule has 16 heavy (non-hydrogen) atoms. The van der Waals surface area contributed by atoms with Crippen LogP contribution < -0.4 is 16.6 Å². The smallest absolute Gasteiger partial charge is 0.160 e. The largest absolute Gasteiger partial charge is 0.366 e. The molecule has 88 valence electrons. The number of thioether (sulfide) groups is 1. The average Bonchev–Trinajstić information content (AvgIpc) is 2.77. The molecule has 0 spiro atoms. The normalized spacial score (nSPS) is 24.4. The quantitative estimate of drug-likeness (QED) is 0.545. The lowest BCUT2D eigenvalue weighted by Crippen LogP contribution is -2.18. The van der Waals surface area contributed by atoms with Gasteiger partial charge in [0.2, 0.25) is 0 Å². The van der Waals surface area contributed by atoms with E-state index in [1.165, 1.54) is 19.3 Å². The molecule has 0 amide bonds. The zero-order valence-corrected chi connectivity index (χ0v) is 10.1. The van der Waals surface area contributed by atoms with Gasteiger partial charge in [0.05, 0.1) is 12.4 Å². The fourth-order valence-electron chi connectivity index (χ4n) is 2.00. The molecule has 0 aliphatic heterocycles. The first-order valence-electron chi connectivity index (χ1n) is 5.40. The maximum Gasteiger partial charge on any atom is 0.160 e. The average molecular weight is 239 g/mol. The molecule has 1 aromatic rings. The number of nitrogens with zero attached hydrogens (tertiary/aromatic N) is 2. The fourth-order valence-corrected chi connectivity index (χ4v) is 2.80. The Bertz CT molecular complexity index is 346. The first kappa shape index (κ1) is 11.5. The number of nitrogens with one attached hydrogen (secondary N) is 2. The monoisotopic (exact) mass is 239 g/mol. The highest BCUT2D eigenvalue weighted by atomic mass is 32.2. The Morgan fingerprint density at radius 3 is 2.88 bits per heavy atom. The van der Waals surface area contributed by atoms with Gasteiger partial charge in [0.25, 0.3) is 0 Å². The number of aromatic nitrogens is 2. The molecular formula is C10H17N5S. The number of hydrogen-bond acceptors (Lipinski definition) is 6. The van der Waals surface area contributed by atoms with Gasteiger partial charge in [0.15, 0.2) is 5.82 Å². The Morgan fingerprint density at radius 1 is 1.38 bits per heavy atom. The first-order valence-corrected chi connectivity index (χ1v) is 6.68. The Balaban J connectivity index is 1.94. The van der Waals surface area contributed by atoms with E-state index in [0.717, 1.165) is 11.1 Å². The van der Waals surface area contributed by atoms with Crippen molar-refractivity contribution in [2.75, 3.05) is 17.0 Å². The van der Waals surface area contributed by atoms with Crippen LogP contribution in [0.25, 0.3) is 0 Å². The molecule has 2 unspecified atom stereocenters. The molecule has 1 heterocycles. The van der Waals surface area contributed by atoms with Gasteiger partial charge >= 0.3 is 0 Å². The van der Waals surface area contributed by atoms with Gasteiger partial charge in [-0.05, 0) is 25.5 Å². The van der Waals surface area contributed by atoms with Gasteiger partial charge in [0.1, 0.15) is 5.82 Å². The van der Waals surface area contributed by atoms with Gasteiger partial charge in [-0.25, -0.2) is 10.8 Å². The lowest BCUT2D eigenvalue weighted by molar-refractivity contribution is 0.751. The Kier molecular flexibility index (Phi) is 3.84. The maximum atomic E-state index is 5.29. The van der Waals surface area contributed by atoms with Crippen molar-refractivity contribution >= 4 is 23.4 Å². The fraction of sp³-hybridized carbons (Fsp3) is 0.600. The van der Waals surface area contributed by atoms with E-state index in [4.69, 9.17) is 5.84 Å². The molecule has 1 fully saturated rings. The molecular weight excluding hydrogens is 222 g/mol. The summed E-state index contributed by atoms with van der Waals surface area (Å²) < 4.78 is 0. The summed E-state index contributed by atoms with van der Waals surface area (Å²) in [5.41, 5.74) is 2.49. The summed E-state index contributed by atoms with van der Waals surface area (Å²) in [6, 6.07) is 0.514. The van der Waals surface area contributed by atoms with Gasteiger partial charge in [-0.1, -0.05) is 0 Å². The van der Waals surface area contributed by atoms with Gasteiger partial charge in [0, 0.05) is 11.3 Å². The SMILES string of the molecule is CSC1CCC(Nc2cncc(NN)n2)C1. The second kappa shape index (κ2) is 5.36. The van der Waals surface area contributed by atoms with Crippen molar-refractivity contribution in [1.29, 1.82) is 0 Å². The predicted octanol–water partition coefficient (Wildman–Crippen LogP) is 1.46. The molecule has 0 radical (unpaired) electrons. The molecule has 5 nitrogen and oxygen atoms in total. The van der Waals surface area contributed by atoms with Crippen molar-refractivity contribution in [2.24, 2.45) is 5.84 Å². The van der Waals surface area contributed by atoms with Crippen LogP contribution in [-0.4, -0.2) is 27.5 Å². The minimum atomic E-state index is 0.514. The van der Waals surface area contributed by atoms with Crippen LogP contribution in [0, 0.1) is 0 Å². The lowest BCUT2D eigenvalue weighted by Gasteiger charge is -2.13. The van der Waals surface area contributed by atoms with E-state index < -0.39 is 0 Å². The first-order chi connectivity index (χ1) is 7.81. The zero-order chi connectivity index (χ0) is 11.4. The predicted molar refractivity (Wildman–Crippen MR) is 68.4 cm³/mol. The van der Waals surface area contributed by atoms with Crippen LogP contribution in [0.4, 0.5) is 11.6 Å².